The zero-order valence-corrected chi connectivity index (χ0v) is 12.6. The molecule has 0 fully saturated rings. The second kappa shape index (κ2) is 7.66. The Morgan fingerprint density at radius 1 is 0.810 bits per heavy atom. The lowest BCUT2D eigenvalue weighted by Gasteiger charge is -1.99. The molecule has 0 spiro atoms. The van der Waals surface area contributed by atoms with Gasteiger partial charge in [-0.3, -0.25) is 0 Å². The molecule has 2 rings (SSSR count). The molecular weight excluding hydrogens is 280 g/mol. The van der Waals surface area contributed by atoms with E-state index in [1.165, 1.54) is 0 Å². The summed E-state index contributed by atoms with van der Waals surface area (Å²) >= 11 is 0. The zero-order valence-electron chi connectivity index (χ0n) is 11.8. The fourth-order valence-corrected chi connectivity index (χ4v) is 2.92. The maximum Gasteiger partial charge on any atom is 0.216 e. The van der Waals surface area contributed by atoms with Gasteiger partial charge in [0, 0.05) is 11.7 Å². The fourth-order valence-electron chi connectivity index (χ4n) is 2.01. The Morgan fingerprint density at radius 2 is 1.38 bits per heavy atom. The van der Waals surface area contributed by atoms with Crippen molar-refractivity contribution in [2.45, 2.75) is 19.3 Å². The topological polar surface area (TPSA) is 34.1 Å². The standard InChI is InChI=1S/C18H18O2S/c19-21(20,15-7-13-17-9-3-1-4-10-17)16-8-14-18-11-5-2-6-12-18/h1-6,9-12H,7,13-15H2. The molecule has 0 aliphatic rings. The van der Waals surface area contributed by atoms with Gasteiger partial charge in [-0.15, -0.1) is 0 Å². The summed E-state index contributed by atoms with van der Waals surface area (Å²) in [6, 6.07) is 19.5. The highest BCUT2D eigenvalue weighted by Gasteiger charge is 2.05. The van der Waals surface area contributed by atoms with Crippen molar-refractivity contribution in [2.75, 3.05) is 5.75 Å². The SMILES string of the molecule is O=S(=O)(C#CCc1ccccc1)CCCc1ccccc1. The molecule has 0 aliphatic heterocycles. The molecule has 3 heteroatoms. The summed E-state index contributed by atoms with van der Waals surface area (Å²) < 4.78 is 23.7. The van der Waals surface area contributed by atoms with Crippen LogP contribution < -0.4 is 0 Å². The van der Waals surface area contributed by atoms with Crippen LogP contribution in [0.1, 0.15) is 17.5 Å². The van der Waals surface area contributed by atoms with Crippen LogP contribution >= 0.6 is 0 Å². The van der Waals surface area contributed by atoms with Crippen LogP contribution in [0.2, 0.25) is 0 Å². The Hall–Kier alpha value is -2.05. The number of rotatable bonds is 5. The van der Waals surface area contributed by atoms with Crippen molar-refractivity contribution in [1.82, 2.24) is 0 Å². The Kier molecular flexibility index (Phi) is 5.59. The molecule has 0 saturated heterocycles. The summed E-state index contributed by atoms with van der Waals surface area (Å²) in [5.41, 5.74) is 2.19. The van der Waals surface area contributed by atoms with Gasteiger partial charge in [-0.2, -0.15) is 0 Å². The van der Waals surface area contributed by atoms with Crippen molar-refractivity contribution in [3.05, 3.63) is 71.8 Å². The summed E-state index contributed by atoms with van der Waals surface area (Å²) in [5, 5.41) is 2.42. The number of benzene rings is 2. The second-order valence-electron chi connectivity index (χ2n) is 4.85. The van der Waals surface area contributed by atoms with Gasteiger partial charge in [0.25, 0.3) is 0 Å². The summed E-state index contributed by atoms with van der Waals surface area (Å²) in [6.45, 7) is 0. The van der Waals surface area contributed by atoms with Crippen molar-refractivity contribution >= 4 is 9.84 Å². The highest BCUT2D eigenvalue weighted by molar-refractivity contribution is 7.96. The average molecular weight is 298 g/mol. The minimum absolute atomic E-state index is 0.115. The normalized spacial score (nSPS) is 10.7. The van der Waals surface area contributed by atoms with Crippen LogP contribution in [0.3, 0.4) is 0 Å². The Morgan fingerprint density at radius 3 is 2.00 bits per heavy atom. The maximum atomic E-state index is 11.8. The first-order chi connectivity index (χ1) is 10.2. The largest absolute Gasteiger partial charge is 0.216 e. The minimum atomic E-state index is -3.28. The van der Waals surface area contributed by atoms with Gasteiger partial charge in [-0.1, -0.05) is 66.6 Å². The van der Waals surface area contributed by atoms with E-state index in [2.05, 4.69) is 11.2 Å². The number of hydrogen-bond acceptors (Lipinski definition) is 2. The highest BCUT2D eigenvalue weighted by Crippen LogP contribution is 2.04. The van der Waals surface area contributed by atoms with Crippen LogP contribution in [0, 0.1) is 11.2 Å². The third-order valence-electron chi connectivity index (χ3n) is 3.08. The molecule has 0 N–H and O–H groups in total. The zero-order chi connectivity index (χ0) is 15.0. The quantitative estimate of drug-likeness (QED) is 0.627. The monoisotopic (exact) mass is 298 g/mol. The molecule has 108 valence electrons. The van der Waals surface area contributed by atoms with E-state index in [0.717, 1.165) is 17.5 Å². The number of sulfone groups is 1. The molecular formula is C18H18O2S. The first-order valence-corrected chi connectivity index (χ1v) is 8.61. The molecule has 0 unspecified atom stereocenters. The molecule has 0 amide bonds. The van der Waals surface area contributed by atoms with Crippen molar-refractivity contribution < 1.29 is 8.42 Å². The molecule has 0 aliphatic carbocycles. The van der Waals surface area contributed by atoms with E-state index < -0.39 is 9.84 Å². The number of aryl methyl sites for hydroxylation is 1. The predicted octanol–water partition coefficient (Wildman–Crippen LogP) is 3.24. The predicted molar refractivity (Wildman–Crippen MR) is 86.5 cm³/mol. The Labute approximate surface area is 126 Å². The first-order valence-electron chi connectivity index (χ1n) is 6.96. The molecule has 0 radical (unpaired) electrons. The lowest BCUT2D eigenvalue weighted by atomic mass is 10.1. The van der Waals surface area contributed by atoms with Crippen LogP contribution in [0.5, 0.6) is 0 Å². The third-order valence-corrected chi connectivity index (χ3v) is 4.37. The summed E-state index contributed by atoms with van der Waals surface area (Å²) in [5.74, 6) is 2.87. The van der Waals surface area contributed by atoms with Gasteiger partial charge in [-0.25, -0.2) is 8.42 Å². The molecule has 0 atom stereocenters. The van der Waals surface area contributed by atoms with Crippen LogP contribution in [0.4, 0.5) is 0 Å². The Bertz CT molecular complexity index is 708. The molecule has 0 heterocycles. The molecule has 0 aromatic heterocycles. The van der Waals surface area contributed by atoms with E-state index in [9.17, 15) is 8.42 Å². The van der Waals surface area contributed by atoms with E-state index in [-0.39, 0.29) is 5.75 Å². The van der Waals surface area contributed by atoms with Gasteiger partial charge in [0.2, 0.25) is 9.84 Å². The first kappa shape index (κ1) is 15.3. The van der Waals surface area contributed by atoms with Gasteiger partial charge in [0.15, 0.2) is 0 Å². The highest BCUT2D eigenvalue weighted by atomic mass is 32.2. The molecule has 0 bridgehead atoms. The summed E-state index contributed by atoms with van der Waals surface area (Å²) in [7, 11) is -3.28. The molecule has 2 aromatic rings. The molecule has 21 heavy (non-hydrogen) atoms. The van der Waals surface area contributed by atoms with E-state index in [0.29, 0.717) is 12.8 Å². The van der Waals surface area contributed by atoms with E-state index in [1.807, 2.05) is 60.7 Å². The number of hydrogen-bond donors (Lipinski definition) is 0. The minimum Gasteiger partial charge on any atom is -0.215 e. The van der Waals surface area contributed by atoms with Crippen LogP contribution in [0.15, 0.2) is 60.7 Å². The lowest BCUT2D eigenvalue weighted by Crippen LogP contribution is -2.04. The lowest BCUT2D eigenvalue weighted by molar-refractivity contribution is 0.603. The maximum absolute atomic E-state index is 11.8. The van der Waals surface area contributed by atoms with Crippen molar-refractivity contribution in [1.29, 1.82) is 0 Å². The molecule has 2 aromatic carbocycles. The van der Waals surface area contributed by atoms with Gasteiger partial charge in [-0.05, 0) is 24.0 Å². The van der Waals surface area contributed by atoms with Gasteiger partial charge < -0.3 is 0 Å². The van der Waals surface area contributed by atoms with Gasteiger partial charge in [0.05, 0.1) is 5.75 Å². The van der Waals surface area contributed by atoms with Crippen LogP contribution in [-0.2, 0) is 22.7 Å². The van der Waals surface area contributed by atoms with Crippen molar-refractivity contribution in [3.8, 4) is 11.2 Å². The second-order valence-corrected chi connectivity index (χ2v) is 6.69. The Balaban J connectivity index is 1.82. The van der Waals surface area contributed by atoms with E-state index in [4.69, 9.17) is 0 Å². The van der Waals surface area contributed by atoms with Crippen molar-refractivity contribution in [2.24, 2.45) is 0 Å². The molecule has 2 nitrogen and oxygen atoms in total. The summed E-state index contributed by atoms with van der Waals surface area (Å²) in [6.07, 6.45) is 1.84. The van der Waals surface area contributed by atoms with E-state index in [1.54, 1.807) is 0 Å². The smallest absolute Gasteiger partial charge is 0.215 e. The van der Waals surface area contributed by atoms with Crippen LogP contribution in [0.25, 0.3) is 0 Å². The fraction of sp³-hybridized carbons (Fsp3) is 0.222. The van der Waals surface area contributed by atoms with Crippen LogP contribution in [-0.4, -0.2) is 14.2 Å². The molecule has 0 saturated carbocycles. The van der Waals surface area contributed by atoms with E-state index >= 15 is 0 Å². The average Bonchev–Trinajstić information content (AvgIpc) is 2.49. The van der Waals surface area contributed by atoms with Gasteiger partial charge in [0.1, 0.15) is 0 Å². The van der Waals surface area contributed by atoms with Crippen molar-refractivity contribution in [3.63, 3.8) is 0 Å². The summed E-state index contributed by atoms with van der Waals surface area (Å²) in [4.78, 5) is 0. The third kappa shape index (κ3) is 5.85. The van der Waals surface area contributed by atoms with Gasteiger partial charge >= 0.3 is 0 Å².